The van der Waals surface area contributed by atoms with Gasteiger partial charge in [0.25, 0.3) is 0 Å². The van der Waals surface area contributed by atoms with E-state index < -0.39 is 0 Å². The Labute approximate surface area is 85.4 Å². The van der Waals surface area contributed by atoms with Gasteiger partial charge in [-0.3, -0.25) is 4.79 Å². The van der Waals surface area contributed by atoms with Crippen molar-refractivity contribution in [1.82, 2.24) is 4.98 Å². The van der Waals surface area contributed by atoms with Crippen LogP contribution in [0.25, 0.3) is 0 Å². The highest BCUT2D eigenvalue weighted by Gasteiger charge is 2.11. The number of Topliss-reactive ketones (excluding diaryl/α,β-unsaturated/α-hetero) is 1. The van der Waals surface area contributed by atoms with E-state index in [0.29, 0.717) is 12.2 Å². The van der Waals surface area contributed by atoms with E-state index in [1.807, 2.05) is 12.3 Å². The van der Waals surface area contributed by atoms with Crippen LogP contribution in [0.5, 0.6) is 0 Å². The lowest BCUT2D eigenvalue weighted by molar-refractivity contribution is 0.0966. The summed E-state index contributed by atoms with van der Waals surface area (Å²) in [7, 11) is 0. The molecule has 0 saturated heterocycles. The van der Waals surface area contributed by atoms with Gasteiger partial charge >= 0.3 is 0 Å². The van der Waals surface area contributed by atoms with Crippen LogP contribution in [-0.2, 0) is 6.42 Å². The molecule has 0 fully saturated rings. The van der Waals surface area contributed by atoms with E-state index in [0.717, 1.165) is 10.7 Å². The fourth-order valence-electron chi connectivity index (χ4n) is 1.15. The van der Waals surface area contributed by atoms with Crippen molar-refractivity contribution in [2.24, 2.45) is 0 Å². The van der Waals surface area contributed by atoms with Gasteiger partial charge in [-0.25, -0.2) is 4.98 Å². The Morgan fingerprint density at radius 3 is 3.07 bits per heavy atom. The SMILES string of the molecule is Cc1csc(CC(=O)c2ccco2)n1. The first-order valence-electron chi connectivity index (χ1n) is 4.23. The fraction of sp³-hybridized carbons (Fsp3) is 0.200. The number of carbonyl (C=O) groups excluding carboxylic acids is 1. The molecule has 0 aliphatic carbocycles. The molecule has 2 aromatic heterocycles. The van der Waals surface area contributed by atoms with Crippen molar-refractivity contribution in [2.75, 3.05) is 0 Å². The molecule has 2 heterocycles. The first kappa shape index (κ1) is 9.15. The minimum absolute atomic E-state index is 0.0237. The lowest BCUT2D eigenvalue weighted by Gasteiger charge is -1.92. The first-order valence-corrected chi connectivity index (χ1v) is 5.11. The number of aryl methyl sites for hydroxylation is 1. The molecule has 2 rings (SSSR count). The number of thiazole rings is 1. The predicted octanol–water partition coefficient (Wildman–Crippen LogP) is 2.47. The number of rotatable bonds is 3. The zero-order chi connectivity index (χ0) is 9.97. The molecule has 72 valence electrons. The third-order valence-electron chi connectivity index (χ3n) is 1.77. The number of furan rings is 1. The molecular weight excluding hydrogens is 198 g/mol. The molecule has 0 amide bonds. The van der Waals surface area contributed by atoms with E-state index in [-0.39, 0.29) is 5.78 Å². The fourth-order valence-corrected chi connectivity index (χ4v) is 1.92. The molecule has 0 aliphatic heterocycles. The molecule has 0 atom stereocenters. The highest BCUT2D eigenvalue weighted by molar-refractivity contribution is 7.09. The van der Waals surface area contributed by atoms with Gasteiger partial charge in [0.2, 0.25) is 5.78 Å². The molecule has 0 aromatic carbocycles. The zero-order valence-corrected chi connectivity index (χ0v) is 8.50. The number of ketones is 1. The largest absolute Gasteiger partial charge is 0.461 e. The van der Waals surface area contributed by atoms with Gasteiger partial charge in [-0.05, 0) is 19.1 Å². The van der Waals surface area contributed by atoms with Gasteiger partial charge in [0.1, 0.15) is 5.01 Å². The topological polar surface area (TPSA) is 43.1 Å². The number of hydrogen-bond donors (Lipinski definition) is 0. The second kappa shape index (κ2) is 3.75. The van der Waals surface area contributed by atoms with Gasteiger partial charge in [-0.1, -0.05) is 0 Å². The third kappa shape index (κ3) is 1.90. The van der Waals surface area contributed by atoms with Crippen LogP contribution in [0.1, 0.15) is 21.3 Å². The summed E-state index contributed by atoms with van der Waals surface area (Å²) in [5, 5.41) is 2.77. The average molecular weight is 207 g/mol. The molecule has 0 spiro atoms. The lowest BCUT2D eigenvalue weighted by Crippen LogP contribution is -2.01. The van der Waals surface area contributed by atoms with Crippen molar-refractivity contribution in [2.45, 2.75) is 13.3 Å². The molecule has 0 N–H and O–H groups in total. The number of carbonyl (C=O) groups is 1. The van der Waals surface area contributed by atoms with Crippen molar-refractivity contribution >= 4 is 17.1 Å². The zero-order valence-electron chi connectivity index (χ0n) is 7.69. The van der Waals surface area contributed by atoms with Crippen LogP contribution < -0.4 is 0 Å². The number of hydrogen-bond acceptors (Lipinski definition) is 4. The Kier molecular flexibility index (Phi) is 2.45. The van der Waals surface area contributed by atoms with E-state index in [4.69, 9.17) is 4.42 Å². The summed E-state index contributed by atoms with van der Waals surface area (Å²) < 4.78 is 5.00. The Morgan fingerprint density at radius 2 is 2.50 bits per heavy atom. The summed E-state index contributed by atoms with van der Waals surface area (Å²) in [6.07, 6.45) is 1.83. The van der Waals surface area contributed by atoms with Gasteiger partial charge in [0.05, 0.1) is 12.7 Å². The van der Waals surface area contributed by atoms with Gasteiger partial charge in [0, 0.05) is 11.1 Å². The standard InChI is InChI=1S/C10H9NO2S/c1-7-6-14-10(11-7)5-8(12)9-3-2-4-13-9/h2-4,6H,5H2,1H3. The number of nitrogens with zero attached hydrogens (tertiary/aromatic N) is 1. The predicted molar refractivity (Wildman–Crippen MR) is 53.6 cm³/mol. The molecule has 0 saturated carbocycles. The summed E-state index contributed by atoms with van der Waals surface area (Å²) >= 11 is 1.50. The smallest absolute Gasteiger partial charge is 0.204 e. The van der Waals surface area contributed by atoms with Crippen molar-refractivity contribution < 1.29 is 9.21 Å². The van der Waals surface area contributed by atoms with Crippen LogP contribution in [0.4, 0.5) is 0 Å². The van der Waals surface area contributed by atoms with Gasteiger partial charge in [-0.15, -0.1) is 11.3 Å². The van der Waals surface area contributed by atoms with Crippen LogP contribution in [0.3, 0.4) is 0 Å². The maximum atomic E-state index is 11.6. The molecule has 3 nitrogen and oxygen atoms in total. The van der Waals surface area contributed by atoms with E-state index in [9.17, 15) is 4.79 Å². The number of aromatic nitrogens is 1. The summed E-state index contributed by atoms with van der Waals surface area (Å²) in [6, 6.07) is 3.38. The normalized spacial score (nSPS) is 10.4. The molecule has 2 aromatic rings. The lowest BCUT2D eigenvalue weighted by atomic mass is 10.2. The molecule has 14 heavy (non-hydrogen) atoms. The van der Waals surface area contributed by atoms with Crippen LogP contribution >= 0.6 is 11.3 Å². The Hall–Kier alpha value is -1.42. The highest BCUT2D eigenvalue weighted by atomic mass is 32.1. The quantitative estimate of drug-likeness (QED) is 0.726. The van der Waals surface area contributed by atoms with Gasteiger partial charge in [0.15, 0.2) is 5.76 Å². The van der Waals surface area contributed by atoms with Gasteiger partial charge in [-0.2, -0.15) is 0 Å². The molecule has 0 radical (unpaired) electrons. The summed E-state index contributed by atoms with van der Waals surface area (Å²) in [5.74, 6) is 0.377. The monoisotopic (exact) mass is 207 g/mol. The van der Waals surface area contributed by atoms with E-state index in [1.54, 1.807) is 12.1 Å². The molecule has 0 unspecified atom stereocenters. The third-order valence-corrected chi connectivity index (χ3v) is 2.74. The van der Waals surface area contributed by atoms with E-state index in [1.165, 1.54) is 17.6 Å². The van der Waals surface area contributed by atoms with Crippen molar-refractivity contribution in [3.05, 3.63) is 40.2 Å². The van der Waals surface area contributed by atoms with Crippen LogP contribution in [-0.4, -0.2) is 10.8 Å². The highest BCUT2D eigenvalue weighted by Crippen LogP contribution is 2.12. The summed E-state index contributed by atoms with van der Waals surface area (Å²) in [6.45, 7) is 1.91. The Bertz CT molecular complexity index is 431. The van der Waals surface area contributed by atoms with Crippen LogP contribution in [0.15, 0.2) is 28.2 Å². The minimum Gasteiger partial charge on any atom is -0.461 e. The maximum Gasteiger partial charge on any atom is 0.204 e. The second-order valence-electron chi connectivity index (χ2n) is 2.96. The summed E-state index contributed by atoms with van der Waals surface area (Å²) in [5.41, 5.74) is 0.956. The van der Waals surface area contributed by atoms with Crippen LogP contribution in [0.2, 0.25) is 0 Å². The molecule has 0 bridgehead atoms. The maximum absolute atomic E-state index is 11.6. The van der Waals surface area contributed by atoms with Crippen molar-refractivity contribution in [3.63, 3.8) is 0 Å². The Balaban J connectivity index is 2.09. The van der Waals surface area contributed by atoms with Crippen molar-refractivity contribution in [1.29, 1.82) is 0 Å². The Morgan fingerprint density at radius 1 is 1.64 bits per heavy atom. The average Bonchev–Trinajstić information content (AvgIpc) is 2.75. The van der Waals surface area contributed by atoms with E-state index in [2.05, 4.69) is 4.98 Å². The van der Waals surface area contributed by atoms with Crippen molar-refractivity contribution in [3.8, 4) is 0 Å². The second-order valence-corrected chi connectivity index (χ2v) is 3.90. The first-order chi connectivity index (χ1) is 6.75. The molecule has 0 aliphatic rings. The molecule has 4 heteroatoms. The van der Waals surface area contributed by atoms with Crippen LogP contribution in [0, 0.1) is 6.92 Å². The summed E-state index contributed by atoms with van der Waals surface area (Å²) in [4.78, 5) is 15.8. The molecular formula is C10H9NO2S. The van der Waals surface area contributed by atoms with E-state index >= 15 is 0 Å². The minimum atomic E-state index is -0.0237. The van der Waals surface area contributed by atoms with Gasteiger partial charge < -0.3 is 4.42 Å².